The molecule has 3 heteroatoms. The number of hydrogen-bond donors (Lipinski definition) is 1. The maximum atomic E-state index is 9.37. The van der Waals surface area contributed by atoms with Crippen LogP contribution in [0.15, 0.2) is 42.7 Å². The quantitative estimate of drug-likeness (QED) is 0.752. The number of nitrogens with zero attached hydrogens (tertiary/aromatic N) is 1. The Morgan fingerprint density at radius 3 is 2.43 bits per heavy atom. The van der Waals surface area contributed by atoms with Crippen LogP contribution in [0.3, 0.4) is 0 Å². The van der Waals surface area contributed by atoms with E-state index in [0.717, 1.165) is 0 Å². The van der Waals surface area contributed by atoms with E-state index in [1.807, 2.05) is 30.6 Å². The molecule has 2 heterocycles. The number of fused-ring (bicyclic) bond motifs is 1. The molecule has 2 aromatic rings. The summed E-state index contributed by atoms with van der Waals surface area (Å²) >= 11 is 0. The highest BCUT2D eigenvalue weighted by molar-refractivity contribution is 5.66. The minimum absolute atomic E-state index is 0.222. The first-order valence-corrected chi connectivity index (χ1v) is 4.47. The van der Waals surface area contributed by atoms with Gasteiger partial charge in [-0.05, 0) is 24.3 Å². The van der Waals surface area contributed by atoms with Crippen molar-refractivity contribution in [3.8, 4) is 0 Å². The number of rotatable bonds is 1. The Labute approximate surface area is 82.6 Å². The first-order chi connectivity index (χ1) is 6.74. The van der Waals surface area contributed by atoms with Crippen molar-refractivity contribution in [1.82, 2.24) is 4.40 Å². The number of carboxylic acid groups (broad SMARTS) is 1. The van der Waals surface area contributed by atoms with Gasteiger partial charge in [0.05, 0.1) is 0 Å². The molecular formula is C11H13NO2. The van der Waals surface area contributed by atoms with Gasteiger partial charge in [0, 0.05) is 24.3 Å². The van der Waals surface area contributed by atoms with Gasteiger partial charge in [-0.2, -0.15) is 0 Å². The molecule has 1 N–H and O–H groups in total. The van der Waals surface area contributed by atoms with Crippen molar-refractivity contribution in [2.45, 2.75) is 13.3 Å². The van der Waals surface area contributed by atoms with E-state index in [1.54, 1.807) is 6.92 Å². The molecule has 0 unspecified atom stereocenters. The zero-order chi connectivity index (χ0) is 10.4. The molecule has 0 saturated heterocycles. The van der Waals surface area contributed by atoms with Crippen LogP contribution in [-0.4, -0.2) is 15.5 Å². The highest BCUT2D eigenvalue weighted by Crippen LogP contribution is 2.01. The van der Waals surface area contributed by atoms with Crippen molar-refractivity contribution in [1.29, 1.82) is 0 Å². The Hall–Kier alpha value is -1.77. The van der Waals surface area contributed by atoms with Crippen LogP contribution in [0.4, 0.5) is 0 Å². The third-order valence-electron chi connectivity index (χ3n) is 1.74. The molecule has 2 rings (SSSR count). The first kappa shape index (κ1) is 10.3. The Balaban J connectivity index is 0.000000171. The van der Waals surface area contributed by atoms with Crippen LogP contribution in [0, 0.1) is 0 Å². The second kappa shape index (κ2) is 5.07. The topological polar surface area (TPSA) is 41.7 Å². The summed E-state index contributed by atoms with van der Waals surface area (Å²) in [6, 6.07) is 10.3. The molecule has 0 radical (unpaired) electrons. The first-order valence-electron chi connectivity index (χ1n) is 4.47. The van der Waals surface area contributed by atoms with Crippen molar-refractivity contribution < 1.29 is 9.90 Å². The average Bonchev–Trinajstić information content (AvgIpc) is 2.66. The second-order valence-electron chi connectivity index (χ2n) is 2.79. The molecule has 14 heavy (non-hydrogen) atoms. The number of carbonyl (C=O) groups is 1. The van der Waals surface area contributed by atoms with Crippen molar-refractivity contribution in [3.63, 3.8) is 0 Å². The predicted octanol–water partition coefficient (Wildman–Crippen LogP) is 2.42. The zero-order valence-corrected chi connectivity index (χ0v) is 8.05. The summed E-state index contributed by atoms with van der Waals surface area (Å²) in [6.07, 6.45) is 4.30. The van der Waals surface area contributed by atoms with Gasteiger partial charge in [0.25, 0.3) is 0 Å². The van der Waals surface area contributed by atoms with Crippen LogP contribution in [0.5, 0.6) is 0 Å². The summed E-state index contributed by atoms with van der Waals surface area (Å²) in [5.74, 6) is -0.745. The van der Waals surface area contributed by atoms with Gasteiger partial charge in [0.1, 0.15) is 0 Å². The lowest BCUT2D eigenvalue weighted by atomic mass is 10.4. The van der Waals surface area contributed by atoms with E-state index in [4.69, 9.17) is 5.11 Å². The lowest BCUT2D eigenvalue weighted by Crippen LogP contribution is -1.86. The fraction of sp³-hybridized carbons (Fsp3) is 0.182. The maximum absolute atomic E-state index is 9.37. The largest absolute Gasteiger partial charge is 0.481 e. The van der Waals surface area contributed by atoms with Crippen molar-refractivity contribution in [3.05, 3.63) is 42.7 Å². The fourth-order valence-electron chi connectivity index (χ4n) is 0.980. The zero-order valence-electron chi connectivity index (χ0n) is 8.05. The Morgan fingerprint density at radius 2 is 1.86 bits per heavy atom. The monoisotopic (exact) mass is 191 g/mol. The van der Waals surface area contributed by atoms with Gasteiger partial charge in [0.15, 0.2) is 0 Å². The highest BCUT2D eigenvalue weighted by atomic mass is 16.4. The lowest BCUT2D eigenvalue weighted by Gasteiger charge is -1.88. The van der Waals surface area contributed by atoms with Gasteiger partial charge >= 0.3 is 5.97 Å². The number of carboxylic acids is 1. The third kappa shape index (κ3) is 2.94. The number of aliphatic carboxylic acids is 1. The minimum Gasteiger partial charge on any atom is -0.481 e. The average molecular weight is 191 g/mol. The number of aromatic nitrogens is 1. The van der Waals surface area contributed by atoms with Crippen molar-refractivity contribution in [2.75, 3.05) is 0 Å². The highest BCUT2D eigenvalue weighted by Gasteiger charge is 1.84. The summed E-state index contributed by atoms with van der Waals surface area (Å²) in [4.78, 5) is 9.37. The predicted molar refractivity (Wildman–Crippen MR) is 55.3 cm³/mol. The van der Waals surface area contributed by atoms with Gasteiger partial charge in [-0.25, -0.2) is 0 Å². The van der Waals surface area contributed by atoms with Crippen LogP contribution >= 0.6 is 0 Å². The lowest BCUT2D eigenvalue weighted by molar-refractivity contribution is -0.136. The van der Waals surface area contributed by atoms with Crippen LogP contribution in [0.2, 0.25) is 0 Å². The summed E-state index contributed by atoms with van der Waals surface area (Å²) in [7, 11) is 0. The molecule has 2 aromatic heterocycles. The van der Waals surface area contributed by atoms with Gasteiger partial charge in [-0.3, -0.25) is 4.79 Å². The Kier molecular flexibility index (Phi) is 3.73. The van der Waals surface area contributed by atoms with Gasteiger partial charge < -0.3 is 9.51 Å². The van der Waals surface area contributed by atoms with E-state index in [1.165, 1.54) is 5.52 Å². The number of hydrogen-bond acceptors (Lipinski definition) is 1. The SMILES string of the molecule is CCC(=O)O.c1ccn2cccc2c1. The smallest absolute Gasteiger partial charge is 0.303 e. The van der Waals surface area contributed by atoms with Crippen LogP contribution < -0.4 is 0 Å². The van der Waals surface area contributed by atoms with Crippen molar-refractivity contribution >= 4 is 11.5 Å². The standard InChI is InChI=1S/C8H7N.C3H6O2/c1-2-6-9-7-3-5-8(9)4-1;1-2-3(4)5/h1-7H;2H2,1H3,(H,4,5). The molecule has 0 atom stereocenters. The molecular weight excluding hydrogens is 178 g/mol. The molecule has 0 aliphatic heterocycles. The molecule has 0 aromatic carbocycles. The Bertz CT molecular complexity index is 376. The summed E-state index contributed by atoms with van der Waals surface area (Å²) in [5, 5.41) is 7.72. The van der Waals surface area contributed by atoms with E-state index in [0.29, 0.717) is 0 Å². The summed E-state index contributed by atoms with van der Waals surface area (Å²) in [6.45, 7) is 1.60. The van der Waals surface area contributed by atoms with E-state index in [2.05, 4.69) is 16.5 Å². The van der Waals surface area contributed by atoms with Crippen molar-refractivity contribution in [2.24, 2.45) is 0 Å². The fourth-order valence-corrected chi connectivity index (χ4v) is 0.980. The third-order valence-corrected chi connectivity index (χ3v) is 1.74. The molecule has 0 bridgehead atoms. The molecule has 0 aliphatic rings. The maximum Gasteiger partial charge on any atom is 0.303 e. The van der Waals surface area contributed by atoms with Crippen LogP contribution in [0.1, 0.15) is 13.3 Å². The molecule has 0 fully saturated rings. The normalized spacial score (nSPS) is 9.21. The van der Waals surface area contributed by atoms with E-state index >= 15 is 0 Å². The van der Waals surface area contributed by atoms with E-state index < -0.39 is 5.97 Å². The Morgan fingerprint density at radius 1 is 1.29 bits per heavy atom. The molecule has 0 amide bonds. The number of pyridine rings is 1. The van der Waals surface area contributed by atoms with E-state index in [-0.39, 0.29) is 6.42 Å². The molecule has 74 valence electrons. The summed E-state index contributed by atoms with van der Waals surface area (Å²) in [5.41, 5.74) is 1.25. The second-order valence-corrected chi connectivity index (χ2v) is 2.79. The summed E-state index contributed by atoms with van der Waals surface area (Å²) < 4.78 is 2.08. The van der Waals surface area contributed by atoms with Crippen LogP contribution in [0.25, 0.3) is 5.52 Å². The van der Waals surface area contributed by atoms with Gasteiger partial charge in [0.2, 0.25) is 0 Å². The van der Waals surface area contributed by atoms with E-state index in [9.17, 15) is 4.79 Å². The van der Waals surface area contributed by atoms with Crippen LogP contribution in [-0.2, 0) is 4.79 Å². The molecule has 0 aliphatic carbocycles. The molecule has 3 nitrogen and oxygen atoms in total. The van der Waals surface area contributed by atoms with Gasteiger partial charge in [-0.1, -0.05) is 13.0 Å². The molecule has 0 spiro atoms. The minimum atomic E-state index is -0.745. The van der Waals surface area contributed by atoms with Gasteiger partial charge in [-0.15, -0.1) is 0 Å². The molecule has 0 saturated carbocycles.